The molecule has 1 aliphatic rings. The molecule has 5 heteroatoms. The van der Waals surface area contributed by atoms with Crippen LogP contribution in [0.2, 0.25) is 0 Å². The number of hydrogen-bond acceptors (Lipinski definition) is 3. The maximum atomic E-state index is 13.9. The Morgan fingerprint density at radius 2 is 1.86 bits per heavy atom. The zero-order valence-electron chi connectivity index (χ0n) is 16.3. The Labute approximate surface area is 173 Å². The van der Waals surface area contributed by atoms with Gasteiger partial charge in [0.2, 0.25) is 0 Å². The predicted molar refractivity (Wildman–Crippen MR) is 115 cm³/mol. The Hall–Kier alpha value is -2.53. The Balaban J connectivity index is 1.66. The first kappa shape index (κ1) is 19.8. The first-order valence-corrected chi connectivity index (χ1v) is 10.8. The van der Waals surface area contributed by atoms with Crippen LogP contribution in [-0.4, -0.2) is 16.3 Å². The first-order valence-electron chi connectivity index (χ1n) is 9.88. The van der Waals surface area contributed by atoms with Gasteiger partial charge in [0.1, 0.15) is 17.3 Å². The van der Waals surface area contributed by atoms with E-state index in [2.05, 4.69) is 12.1 Å². The number of rotatable bonds is 6. The molecule has 1 N–H and O–H groups in total. The number of benzene rings is 3. The molecule has 0 saturated heterocycles. The van der Waals surface area contributed by atoms with Gasteiger partial charge in [0.25, 0.3) is 0 Å². The van der Waals surface area contributed by atoms with E-state index >= 15 is 0 Å². The van der Waals surface area contributed by atoms with Gasteiger partial charge < -0.3 is 9.84 Å². The summed E-state index contributed by atoms with van der Waals surface area (Å²) in [4.78, 5) is 12.5. The van der Waals surface area contributed by atoms with Crippen LogP contribution in [0.3, 0.4) is 0 Å². The highest BCUT2D eigenvalue weighted by atomic mass is 32.2. The molecule has 150 valence electrons. The number of hydrogen-bond donors (Lipinski definition) is 1. The SMILES string of the molecule is Cc1c(CC(=O)O)cc2ccc(F)cc2c1Oc1ccc(SC2CCCC2)cc1. The van der Waals surface area contributed by atoms with Crippen molar-refractivity contribution in [3.63, 3.8) is 0 Å². The van der Waals surface area contributed by atoms with Gasteiger partial charge in [-0.1, -0.05) is 25.0 Å². The summed E-state index contributed by atoms with van der Waals surface area (Å²) >= 11 is 1.91. The van der Waals surface area contributed by atoms with Crippen LogP contribution in [0.5, 0.6) is 11.5 Å². The van der Waals surface area contributed by atoms with E-state index in [1.165, 1.54) is 42.7 Å². The van der Waals surface area contributed by atoms with Crippen LogP contribution in [0.1, 0.15) is 36.8 Å². The Bertz CT molecular complexity index is 1040. The summed E-state index contributed by atoms with van der Waals surface area (Å²) in [5.74, 6) is -0.0961. The van der Waals surface area contributed by atoms with Crippen molar-refractivity contribution in [3.8, 4) is 11.5 Å². The highest BCUT2D eigenvalue weighted by molar-refractivity contribution is 8.00. The molecule has 0 aromatic heterocycles. The van der Waals surface area contributed by atoms with Gasteiger partial charge in [0.15, 0.2) is 0 Å². The fraction of sp³-hybridized carbons (Fsp3) is 0.292. The molecule has 3 aromatic carbocycles. The summed E-state index contributed by atoms with van der Waals surface area (Å²) in [7, 11) is 0. The van der Waals surface area contributed by atoms with Crippen LogP contribution in [0.25, 0.3) is 10.8 Å². The molecule has 1 aliphatic carbocycles. The minimum absolute atomic E-state index is 0.105. The third kappa shape index (κ3) is 4.56. The van der Waals surface area contributed by atoms with Crippen molar-refractivity contribution in [1.82, 2.24) is 0 Å². The summed E-state index contributed by atoms with van der Waals surface area (Å²) < 4.78 is 20.0. The lowest BCUT2D eigenvalue weighted by Crippen LogP contribution is -2.03. The first-order chi connectivity index (χ1) is 14.0. The molecule has 3 nitrogen and oxygen atoms in total. The molecular weight excluding hydrogens is 387 g/mol. The highest BCUT2D eigenvalue weighted by Crippen LogP contribution is 2.38. The molecule has 0 heterocycles. The third-order valence-corrected chi connectivity index (χ3v) is 6.75. The van der Waals surface area contributed by atoms with Crippen molar-refractivity contribution >= 4 is 28.5 Å². The molecule has 4 rings (SSSR count). The fourth-order valence-electron chi connectivity index (χ4n) is 3.88. The van der Waals surface area contributed by atoms with Crippen molar-refractivity contribution in [2.45, 2.75) is 49.2 Å². The van der Waals surface area contributed by atoms with Gasteiger partial charge in [-0.05, 0) is 72.7 Å². The number of carboxylic acids is 1. The van der Waals surface area contributed by atoms with Gasteiger partial charge in [-0.3, -0.25) is 4.79 Å². The molecule has 0 atom stereocenters. The lowest BCUT2D eigenvalue weighted by molar-refractivity contribution is -0.136. The predicted octanol–water partition coefficient (Wildman–Crippen LogP) is 6.74. The largest absolute Gasteiger partial charge is 0.481 e. The van der Waals surface area contributed by atoms with E-state index in [9.17, 15) is 14.3 Å². The molecule has 0 radical (unpaired) electrons. The lowest BCUT2D eigenvalue weighted by Gasteiger charge is -2.16. The van der Waals surface area contributed by atoms with Gasteiger partial charge in [0.05, 0.1) is 6.42 Å². The van der Waals surface area contributed by atoms with Gasteiger partial charge in [-0.2, -0.15) is 0 Å². The van der Waals surface area contributed by atoms with Crippen molar-refractivity contribution in [3.05, 3.63) is 65.5 Å². The minimum atomic E-state index is -0.909. The van der Waals surface area contributed by atoms with Crippen LogP contribution in [0.4, 0.5) is 4.39 Å². The van der Waals surface area contributed by atoms with Crippen molar-refractivity contribution in [1.29, 1.82) is 0 Å². The van der Waals surface area contributed by atoms with Gasteiger partial charge in [-0.25, -0.2) is 4.39 Å². The Kier molecular flexibility index (Phi) is 5.76. The van der Waals surface area contributed by atoms with E-state index in [0.717, 1.165) is 10.9 Å². The van der Waals surface area contributed by atoms with Crippen molar-refractivity contribution in [2.24, 2.45) is 0 Å². The van der Waals surface area contributed by atoms with Gasteiger partial charge in [0, 0.05) is 15.5 Å². The summed E-state index contributed by atoms with van der Waals surface area (Å²) in [6.45, 7) is 1.82. The molecule has 29 heavy (non-hydrogen) atoms. The molecule has 3 aromatic rings. The summed E-state index contributed by atoms with van der Waals surface area (Å²) in [5.41, 5.74) is 1.38. The van der Waals surface area contributed by atoms with Gasteiger partial charge in [-0.15, -0.1) is 11.8 Å². The molecule has 0 amide bonds. The molecule has 1 fully saturated rings. The minimum Gasteiger partial charge on any atom is -0.481 e. The number of halogens is 1. The van der Waals surface area contributed by atoms with E-state index < -0.39 is 5.97 Å². The zero-order chi connectivity index (χ0) is 20.4. The molecule has 1 saturated carbocycles. The lowest BCUT2D eigenvalue weighted by atomic mass is 9.98. The topological polar surface area (TPSA) is 46.5 Å². The quantitative estimate of drug-likeness (QED) is 0.489. The Morgan fingerprint density at radius 1 is 1.14 bits per heavy atom. The number of fused-ring (bicyclic) bond motifs is 1. The number of ether oxygens (including phenoxy) is 1. The molecule has 0 bridgehead atoms. The maximum Gasteiger partial charge on any atom is 0.307 e. The molecule has 0 spiro atoms. The number of carboxylic acid groups (broad SMARTS) is 1. The van der Waals surface area contributed by atoms with E-state index in [4.69, 9.17) is 4.74 Å². The van der Waals surface area contributed by atoms with Crippen LogP contribution in [0, 0.1) is 12.7 Å². The molecular formula is C24H23FO3S. The van der Waals surface area contributed by atoms with Crippen LogP contribution in [-0.2, 0) is 11.2 Å². The van der Waals surface area contributed by atoms with Crippen LogP contribution in [0.15, 0.2) is 53.4 Å². The number of carbonyl (C=O) groups is 1. The monoisotopic (exact) mass is 410 g/mol. The molecule has 0 unspecified atom stereocenters. The number of thioether (sulfide) groups is 1. The second-order valence-electron chi connectivity index (χ2n) is 7.52. The summed E-state index contributed by atoms with van der Waals surface area (Å²) in [6.07, 6.45) is 5.07. The fourth-order valence-corrected chi connectivity index (χ4v) is 5.12. The Morgan fingerprint density at radius 3 is 2.55 bits per heavy atom. The smallest absolute Gasteiger partial charge is 0.307 e. The van der Waals surface area contributed by atoms with E-state index in [1.807, 2.05) is 30.8 Å². The van der Waals surface area contributed by atoms with Crippen molar-refractivity contribution < 1.29 is 19.0 Å². The normalized spacial score (nSPS) is 14.4. The van der Waals surface area contributed by atoms with Crippen LogP contribution < -0.4 is 4.74 Å². The van der Waals surface area contributed by atoms with Gasteiger partial charge >= 0.3 is 5.97 Å². The van der Waals surface area contributed by atoms with E-state index in [-0.39, 0.29) is 12.2 Å². The second kappa shape index (κ2) is 8.46. The average molecular weight is 411 g/mol. The molecule has 0 aliphatic heterocycles. The van der Waals surface area contributed by atoms with E-state index in [1.54, 1.807) is 12.1 Å². The second-order valence-corrected chi connectivity index (χ2v) is 8.90. The summed E-state index contributed by atoms with van der Waals surface area (Å²) in [6, 6.07) is 14.2. The highest BCUT2D eigenvalue weighted by Gasteiger charge is 2.17. The van der Waals surface area contributed by atoms with Crippen molar-refractivity contribution in [2.75, 3.05) is 0 Å². The average Bonchev–Trinajstić information content (AvgIpc) is 3.19. The number of aliphatic carboxylic acids is 1. The summed E-state index contributed by atoms with van der Waals surface area (Å²) in [5, 5.41) is 11.3. The van der Waals surface area contributed by atoms with E-state index in [0.29, 0.717) is 27.7 Å². The maximum absolute atomic E-state index is 13.9. The third-order valence-electron chi connectivity index (χ3n) is 5.40. The zero-order valence-corrected chi connectivity index (χ0v) is 17.1. The van der Waals surface area contributed by atoms with Crippen LogP contribution >= 0.6 is 11.8 Å². The standard InChI is InChI=1S/C24H23FO3S/c1-15-17(13-23(26)27)12-16-6-7-18(25)14-22(16)24(15)28-19-8-10-21(11-9-19)29-20-4-2-3-5-20/h6-12,14,20H,2-5,13H2,1H3,(H,26,27).